The number of nitrogens with zero attached hydrogens (tertiary/aromatic N) is 2. The summed E-state index contributed by atoms with van der Waals surface area (Å²) in [5.41, 5.74) is 0.949. The fourth-order valence-electron chi connectivity index (χ4n) is 1.75. The maximum atomic E-state index is 13.0. The van der Waals surface area contributed by atoms with E-state index in [9.17, 15) is 14.5 Å². The van der Waals surface area contributed by atoms with E-state index >= 15 is 0 Å². The van der Waals surface area contributed by atoms with Crippen LogP contribution in [0.5, 0.6) is 0 Å². The van der Waals surface area contributed by atoms with Gasteiger partial charge in [-0.05, 0) is 36.8 Å². The Hall–Kier alpha value is -2.50. The number of halogens is 1. The summed E-state index contributed by atoms with van der Waals surface area (Å²) in [5, 5.41) is 13.9. The van der Waals surface area contributed by atoms with E-state index in [0.717, 1.165) is 11.6 Å². The predicted octanol–water partition coefficient (Wildman–Crippen LogP) is 3.30. The summed E-state index contributed by atoms with van der Waals surface area (Å²) in [4.78, 5) is 14.2. The van der Waals surface area contributed by atoms with Crippen molar-refractivity contribution in [2.45, 2.75) is 13.0 Å². The van der Waals surface area contributed by atoms with Gasteiger partial charge in [-0.15, -0.1) is 0 Å². The van der Waals surface area contributed by atoms with Crippen molar-refractivity contribution < 1.29 is 9.31 Å². The minimum Gasteiger partial charge on any atom is -0.373 e. The van der Waals surface area contributed by atoms with Crippen molar-refractivity contribution in [3.8, 4) is 0 Å². The van der Waals surface area contributed by atoms with Gasteiger partial charge in [0, 0.05) is 18.4 Å². The molecule has 0 saturated heterocycles. The Morgan fingerprint density at radius 3 is 2.63 bits per heavy atom. The highest BCUT2D eigenvalue weighted by molar-refractivity contribution is 5.62. The lowest BCUT2D eigenvalue weighted by Gasteiger charge is -2.15. The van der Waals surface area contributed by atoms with Crippen molar-refractivity contribution in [2.24, 2.45) is 0 Å². The summed E-state index contributed by atoms with van der Waals surface area (Å²) in [5.74, 6) is -0.631. The van der Waals surface area contributed by atoms with Gasteiger partial charge >= 0.3 is 0 Å². The van der Waals surface area contributed by atoms with Crippen LogP contribution in [0, 0.1) is 15.9 Å². The zero-order chi connectivity index (χ0) is 13.8. The molecule has 0 radical (unpaired) electrons. The van der Waals surface area contributed by atoms with E-state index in [1.807, 2.05) is 19.1 Å². The third-order valence-electron chi connectivity index (χ3n) is 2.73. The third kappa shape index (κ3) is 3.04. The number of pyridine rings is 1. The van der Waals surface area contributed by atoms with Crippen LogP contribution in [0.15, 0.2) is 42.7 Å². The second kappa shape index (κ2) is 5.43. The van der Waals surface area contributed by atoms with E-state index in [-0.39, 0.29) is 17.4 Å². The molecule has 1 aromatic carbocycles. The topological polar surface area (TPSA) is 68.1 Å². The van der Waals surface area contributed by atoms with Gasteiger partial charge in [-0.3, -0.25) is 15.1 Å². The smallest absolute Gasteiger partial charge is 0.295 e. The molecule has 0 aliphatic heterocycles. The van der Waals surface area contributed by atoms with Crippen LogP contribution >= 0.6 is 0 Å². The molecule has 0 amide bonds. The molecule has 19 heavy (non-hydrogen) atoms. The fraction of sp³-hybridized carbons (Fsp3) is 0.154. The Kier molecular flexibility index (Phi) is 3.70. The first-order valence-electron chi connectivity index (χ1n) is 5.68. The lowest BCUT2D eigenvalue weighted by Crippen LogP contribution is -2.08. The lowest BCUT2D eigenvalue weighted by molar-refractivity contribution is -0.384. The number of aromatic nitrogens is 1. The predicted molar refractivity (Wildman–Crippen MR) is 69.3 cm³/mol. The molecule has 0 bridgehead atoms. The zero-order valence-corrected chi connectivity index (χ0v) is 10.2. The SMILES string of the molecule is CC(Nc1ccc(F)cc1[N+](=O)[O-])c1ccncc1. The van der Waals surface area contributed by atoms with Gasteiger partial charge < -0.3 is 5.32 Å². The molecule has 2 aromatic rings. The van der Waals surface area contributed by atoms with Gasteiger partial charge in [0.15, 0.2) is 0 Å². The Morgan fingerprint density at radius 1 is 1.32 bits per heavy atom. The van der Waals surface area contributed by atoms with Crippen LogP contribution in [-0.2, 0) is 0 Å². The minimum absolute atomic E-state index is 0.146. The number of rotatable bonds is 4. The molecule has 0 saturated carbocycles. The zero-order valence-electron chi connectivity index (χ0n) is 10.2. The van der Waals surface area contributed by atoms with Crippen molar-refractivity contribution in [1.82, 2.24) is 4.98 Å². The molecule has 2 rings (SSSR count). The summed E-state index contributed by atoms with van der Waals surface area (Å²) in [6.45, 7) is 1.86. The first-order chi connectivity index (χ1) is 9.08. The molecule has 6 heteroatoms. The van der Waals surface area contributed by atoms with Crippen molar-refractivity contribution >= 4 is 11.4 Å². The van der Waals surface area contributed by atoms with Gasteiger partial charge in [0.1, 0.15) is 11.5 Å². The third-order valence-corrected chi connectivity index (χ3v) is 2.73. The van der Waals surface area contributed by atoms with Crippen LogP contribution in [0.3, 0.4) is 0 Å². The maximum absolute atomic E-state index is 13.0. The monoisotopic (exact) mass is 261 g/mol. The summed E-state index contributed by atoms with van der Waals surface area (Å²) < 4.78 is 13.0. The molecule has 1 aromatic heterocycles. The first kappa shape index (κ1) is 12.9. The number of hydrogen-bond acceptors (Lipinski definition) is 4. The number of anilines is 1. The van der Waals surface area contributed by atoms with E-state index in [1.165, 1.54) is 12.1 Å². The van der Waals surface area contributed by atoms with Gasteiger partial charge in [-0.25, -0.2) is 4.39 Å². The van der Waals surface area contributed by atoms with Crippen molar-refractivity contribution in [3.63, 3.8) is 0 Å². The standard InChI is InChI=1S/C13H12FN3O2/c1-9(10-4-6-15-7-5-10)16-12-3-2-11(14)8-13(12)17(18)19/h2-9,16H,1H3. The highest BCUT2D eigenvalue weighted by atomic mass is 19.1. The highest BCUT2D eigenvalue weighted by Gasteiger charge is 2.16. The molecule has 1 heterocycles. The molecule has 5 nitrogen and oxygen atoms in total. The van der Waals surface area contributed by atoms with Crippen LogP contribution in [0.25, 0.3) is 0 Å². The minimum atomic E-state index is -0.631. The van der Waals surface area contributed by atoms with Crippen molar-refractivity contribution in [2.75, 3.05) is 5.32 Å². The van der Waals surface area contributed by atoms with Crippen LogP contribution in [0.2, 0.25) is 0 Å². The van der Waals surface area contributed by atoms with E-state index in [4.69, 9.17) is 0 Å². The molecule has 0 aliphatic carbocycles. The highest BCUT2D eigenvalue weighted by Crippen LogP contribution is 2.28. The largest absolute Gasteiger partial charge is 0.373 e. The van der Waals surface area contributed by atoms with Gasteiger partial charge in [-0.2, -0.15) is 0 Å². The summed E-state index contributed by atoms with van der Waals surface area (Å²) in [6.07, 6.45) is 3.29. The Balaban J connectivity index is 2.26. The molecule has 98 valence electrons. The number of hydrogen-bond donors (Lipinski definition) is 1. The molecule has 1 N–H and O–H groups in total. The Labute approximate surface area is 109 Å². The second-order valence-electron chi connectivity index (χ2n) is 4.07. The lowest BCUT2D eigenvalue weighted by atomic mass is 10.1. The van der Waals surface area contributed by atoms with Gasteiger partial charge in [0.2, 0.25) is 0 Å². The summed E-state index contributed by atoms with van der Waals surface area (Å²) in [6, 6.07) is 6.94. The van der Waals surface area contributed by atoms with E-state index in [2.05, 4.69) is 10.3 Å². The van der Waals surface area contributed by atoms with E-state index < -0.39 is 10.7 Å². The Bertz CT molecular complexity index is 590. The molecular weight excluding hydrogens is 249 g/mol. The number of nitro benzene ring substituents is 1. The normalized spacial score (nSPS) is 11.9. The maximum Gasteiger partial charge on any atom is 0.295 e. The molecule has 0 aliphatic rings. The van der Waals surface area contributed by atoms with Gasteiger partial charge in [0.05, 0.1) is 11.0 Å². The Morgan fingerprint density at radius 2 is 2.00 bits per heavy atom. The fourth-order valence-corrected chi connectivity index (χ4v) is 1.75. The number of benzene rings is 1. The molecule has 1 unspecified atom stereocenters. The van der Waals surface area contributed by atoms with Crippen LogP contribution < -0.4 is 5.32 Å². The van der Waals surface area contributed by atoms with Crippen molar-refractivity contribution in [1.29, 1.82) is 0 Å². The second-order valence-corrected chi connectivity index (χ2v) is 4.07. The summed E-state index contributed by atoms with van der Waals surface area (Å²) in [7, 11) is 0. The van der Waals surface area contributed by atoms with Crippen LogP contribution in [0.1, 0.15) is 18.5 Å². The average molecular weight is 261 g/mol. The van der Waals surface area contributed by atoms with Gasteiger partial charge in [-0.1, -0.05) is 0 Å². The van der Waals surface area contributed by atoms with Gasteiger partial charge in [0.25, 0.3) is 5.69 Å². The molecular formula is C13H12FN3O2. The van der Waals surface area contributed by atoms with Crippen molar-refractivity contribution in [3.05, 3.63) is 64.2 Å². The molecule has 1 atom stereocenters. The number of nitro groups is 1. The van der Waals surface area contributed by atoms with Crippen LogP contribution in [-0.4, -0.2) is 9.91 Å². The van der Waals surface area contributed by atoms with E-state index in [0.29, 0.717) is 0 Å². The molecule has 0 spiro atoms. The van der Waals surface area contributed by atoms with Crippen LogP contribution in [0.4, 0.5) is 15.8 Å². The summed E-state index contributed by atoms with van der Waals surface area (Å²) >= 11 is 0. The molecule has 0 fully saturated rings. The average Bonchev–Trinajstić information content (AvgIpc) is 2.41. The number of nitrogens with one attached hydrogen (secondary N) is 1. The van der Waals surface area contributed by atoms with E-state index in [1.54, 1.807) is 12.4 Å². The quantitative estimate of drug-likeness (QED) is 0.677. The first-order valence-corrected chi connectivity index (χ1v) is 5.68.